The van der Waals surface area contributed by atoms with Gasteiger partial charge in [-0.3, -0.25) is 4.79 Å². The Morgan fingerprint density at radius 1 is 1.12 bits per heavy atom. The van der Waals surface area contributed by atoms with Crippen molar-refractivity contribution in [2.24, 2.45) is 0 Å². The number of likely N-dealkylation sites (N-methyl/N-ethyl adjacent to an activating group) is 1. The molecule has 2 aromatic carbocycles. The molecule has 1 N–H and O–H groups in total. The van der Waals surface area contributed by atoms with Crippen LogP contribution in [0.1, 0.15) is 22.8 Å². The molecule has 0 radical (unpaired) electrons. The lowest BCUT2D eigenvalue weighted by molar-refractivity contribution is 0.0766. The van der Waals surface area contributed by atoms with Crippen molar-refractivity contribution in [3.8, 4) is 0 Å². The van der Waals surface area contributed by atoms with Gasteiger partial charge in [-0.1, -0.05) is 36.4 Å². The van der Waals surface area contributed by atoms with Crippen LogP contribution in [0.4, 0.5) is 0 Å². The maximum Gasteiger partial charge on any atom is 0.253 e. The first kappa shape index (κ1) is 19.9. The first-order chi connectivity index (χ1) is 12.5. The summed E-state index contributed by atoms with van der Waals surface area (Å²) in [5.41, 5.74) is 1.65. The van der Waals surface area contributed by atoms with Gasteiger partial charge in [0.15, 0.2) is 0 Å². The van der Waals surface area contributed by atoms with Gasteiger partial charge in [0.2, 0.25) is 10.0 Å². The van der Waals surface area contributed by atoms with E-state index in [2.05, 4.69) is 11.3 Å². The van der Waals surface area contributed by atoms with E-state index in [4.69, 9.17) is 0 Å². The molecule has 2 aromatic rings. The minimum absolute atomic E-state index is 0.105. The Morgan fingerprint density at radius 2 is 1.77 bits per heavy atom. The monoisotopic (exact) mass is 372 g/mol. The van der Waals surface area contributed by atoms with Crippen molar-refractivity contribution in [1.82, 2.24) is 9.62 Å². The van der Waals surface area contributed by atoms with E-state index in [1.54, 1.807) is 17.0 Å². The number of sulfonamides is 1. The Kier molecular flexibility index (Phi) is 7.12. The van der Waals surface area contributed by atoms with Crippen molar-refractivity contribution in [3.05, 3.63) is 78.4 Å². The molecule has 26 heavy (non-hydrogen) atoms. The topological polar surface area (TPSA) is 66.5 Å². The lowest BCUT2D eigenvalue weighted by atomic mass is 10.1. The van der Waals surface area contributed by atoms with E-state index < -0.39 is 10.0 Å². The molecular formula is C20H24N2O3S. The Bertz CT molecular complexity index is 831. The molecule has 0 aromatic heterocycles. The second-order valence-corrected chi connectivity index (χ2v) is 7.55. The largest absolute Gasteiger partial charge is 0.339 e. The number of benzene rings is 2. The van der Waals surface area contributed by atoms with Gasteiger partial charge >= 0.3 is 0 Å². The average Bonchev–Trinajstić information content (AvgIpc) is 2.67. The third-order valence-electron chi connectivity index (χ3n) is 4.01. The molecule has 5 nitrogen and oxygen atoms in total. The molecule has 0 aliphatic heterocycles. The van der Waals surface area contributed by atoms with Crippen LogP contribution < -0.4 is 4.72 Å². The van der Waals surface area contributed by atoms with E-state index in [1.165, 1.54) is 23.8 Å². The molecule has 0 saturated carbocycles. The van der Waals surface area contributed by atoms with Gasteiger partial charge in [-0.15, -0.1) is 6.58 Å². The number of amides is 1. The van der Waals surface area contributed by atoms with E-state index in [0.29, 0.717) is 18.7 Å². The van der Waals surface area contributed by atoms with Gasteiger partial charge in [0, 0.05) is 25.2 Å². The highest BCUT2D eigenvalue weighted by Gasteiger charge is 2.17. The van der Waals surface area contributed by atoms with Crippen LogP contribution >= 0.6 is 0 Å². The summed E-state index contributed by atoms with van der Waals surface area (Å²) in [6.07, 6.45) is 2.25. The van der Waals surface area contributed by atoms with Gasteiger partial charge in [0.25, 0.3) is 5.91 Å². The molecule has 2 rings (SSSR count). The van der Waals surface area contributed by atoms with Gasteiger partial charge in [-0.05, 0) is 43.2 Å². The SMILES string of the molecule is C=CCNS(=O)(=O)c1ccc(C(=O)N(CC)CCc2ccccc2)cc1. The van der Waals surface area contributed by atoms with Crippen molar-refractivity contribution in [2.75, 3.05) is 19.6 Å². The molecule has 0 bridgehead atoms. The highest BCUT2D eigenvalue weighted by Crippen LogP contribution is 2.13. The summed E-state index contributed by atoms with van der Waals surface area (Å²) >= 11 is 0. The standard InChI is InChI=1S/C20H24N2O3S/c1-3-15-21-26(24,25)19-12-10-18(11-13-19)20(23)22(4-2)16-14-17-8-6-5-7-9-17/h3,5-13,21H,1,4,14-16H2,2H3. The molecule has 0 unspecified atom stereocenters. The predicted molar refractivity (Wildman–Crippen MR) is 104 cm³/mol. The summed E-state index contributed by atoms with van der Waals surface area (Å²) in [4.78, 5) is 14.6. The van der Waals surface area contributed by atoms with Crippen LogP contribution in [0.15, 0.2) is 72.1 Å². The van der Waals surface area contributed by atoms with Crippen LogP contribution in [-0.4, -0.2) is 38.9 Å². The zero-order valence-electron chi connectivity index (χ0n) is 14.9. The van der Waals surface area contributed by atoms with Gasteiger partial charge in [-0.25, -0.2) is 13.1 Å². The molecule has 0 aliphatic carbocycles. The first-order valence-corrected chi connectivity index (χ1v) is 10.00. The smallest absolute Gasteiger partial charge is 0.253 e. The highest BCUT2D eigenvalue weighted by molar-refractivity contribution is 7.89. The van der Waals surface area contributed by atoms with Crippen molar-refractivity contribution < 1.29 is 13.2 Å². The molecule has 0 atom stereocenters. The third-order valence-corrected chi connectivity index (χ3v) is 5.45. The van der Waals surface area contributed by atoms with Gasteiger partial charge in [0.1, 0.15) is 0 Å². The summed E-state index contributed by atoms with van der Waals surface area (Å²) in [7, 11) is -3.58. The lowest BCUT2D eigenvalue weighted by Crippen LogP contribution is -2.32. The zero-order valence-corrected chi connectivity index (χ0v) is 15.7. The third kappa shape index (κ3) is 5.28. The molecule has 6 heteroatoms. The fourth-order valence-electron chi connectivity index (χ4n) is 2.52. The van der Waals surface area contributed by atoms with Crippen molar-refractivity contribution in [3.63, 3.8) is 0 Å². The molecule has 0 spiro atoms. The van der Waals surface area contributed by atoms with Crippen molar-refractivity contribution >= 4 is 15.9 Å². The lowest BCUT2D eigenvalue weighted by Gasteiger charge is -2.21. The van der Waals surface area contributed by atoms with E-state index in [0.717, 1.165) is 6.42 Å². The Hall–Kier alpha value is -2.44. The molecular weight excluding hydrogens is 348 g/mol. The van der Waals surface area contributed by atoms with Crippen LogP contribution in [0.2, 0.25) is 0 Å². The fraction of sp³-hybridized carbons (Fsp3) is 0.250. The molecule has 0 fully saturated rings. The number of hydrogen-bond acceptors (Lipinski definition) is 3. The van der Waals surface area contributed by atoms with Crippen LogP contribution in [0.5, 0.6) is 0 Å². The molecule has 0 saturated heterocycles. The molecule has 0 heterocycles. The number of carbonyl (C=O) groups is 1. The van der Waals surface area contributed by atoms with E-state index >= 15 is 0 Å². The number of rotatable bonds is 9. The summed E-state index contributed by atoms with van der Waals surface area (Å²) in [5, 5.41) is 0. The first-order valence-electron chi connectivity index (χ1n) is 8.51. The van der Waals surface area contributed by atoms with Gasteiger partial charge in [-0.2, -0.15) is 0 Å². The van der Waals surface area contributed by atoms with E-state index in [-0.39, 0.29) is 17.3 Å². The second kappa shape index (κ2) is 9.31. The zero-order chi connectivity index (χ0) is 19.0. The molecule has 0 aliphatic rings. The number of nitrogens with zero attached hydrogens (tertiary/aromatic N) is 1. The molecule has 138 valence electrons. The Morgan fingerprint density at radius 3 is 2.35 bits per heavy atom. The van der Waals surface area contributed by atoms with Crippen LogP contribution in [0.25, 0.3) is 0 Å². The van der Waals surface area contributed by atoms with Crippen LogP contribution in [0, 0.1) is 0 Å². The van der Waals surface area contributed by atoms with Crippen LogP contribution in [-0.2, 0) is 16.4 Å². The quantitative estimate of drug-likeness (QED) is 0.688. The van der Waals surface area contributed by atoms with Crippen molar-refractivity contribution in [1.29, 1.82) is 0 Å². The normalized spacial score (nSPS) is 11.1. The van der Waals surface area contributed by atoms with Gasteiger partial charge in [0.05, 0.1) is 4.90 Å². The second-order valence-electron chi connectivity index (χ2n) is 5.79. The number of carbonyl (C=O) groups excluding carboxylic acids is 1. The highest BCUT2D eigenvalue weighted by atomic mass is 32.2. The minimum Gasteiger partial charge on any atom is -0.339 e. The average molecular weight is 372 g/mol. The maximum atomic E-state index is 12.7. The van der Waals surface area contributed by atoms with Gasteiger partial charge < -0.3 is 4.90 Å². The number of nitrogens with one attached hydrogen (secondary N) is 1. The fourth-order valence-corrected chi connectivity index (χ4v) is 3.52. The minimum atomic E-state index is -3.58. The number of hydrogen-bond donors (Lipinski definition) is 1. The maximum absolute atomic E-state index is 12.7. The summed E-state index contributed by atoms with van der Waals surface area (Å²) in [6, 6.07) is 16.0. The van der Waals surface area contributed by atoms with Crippen molar-refractivity contribution in [2.45, 2.75) is 18.2 Å². The van der Waals surface area contributed by atoms with E-state index in [1.807, 2.05) is 37.3 Å². The summed E-state index contributed by atoms with van der Waals surface area (Å²) < 4.78 is 26.5. The molecule has 1 amide bonds. The summed E-state index contributed by atoms with van der Waals surface area (Å²) in [6.45, 7) is 6.78. The Labute approximate surface area is 155 Å². The van der Waals surface area contributed by atoms with E-state index in [9.17, 15) is 13.2 Å². The predicted octanol–water partition coefficient (Wildman–Crippen LogP) is 2.86. The summed E-state index contributed by atoms with van der Waals surface area (Å²) in [5.74, 6) is -0.105. The Balaban J connectivity index is 2.06. The van der Waals surface area contributed by atoms with Crippen LogP contribution in [0.3, 0.4) is 0 Å².